The van der Waals surface area contributed by atoms with Crippen molar-refractivity contribution in [3.63, 3.8) is 0 Å². The molecule has 9 heavy (non-hydrogen) atoms. The van der Waals surface area contributed by atoms with Crippen LogP contribution in [-0.2, 0) is 4.79 Å². The van der Waals surface area contributed by atoms with Crippen molar-refractivity contribution in [2.24, 2.45) is 5.92 Å². The van der Waals surface area contributed by atoms with Crippen LogP contribution in [0, 0.1) is 5.92 Å². The van der Waals surface area contributed by atoms with Gasteiger partial charge in [-0.05, 0) is 25.7 Å². The van der Waals surface area contributed by atoms with E-state index in [4.69, 9.17) is 6.48 Å². The molecule has 0 atom stereocenters. The highest BCUT2D eigenvalue weighted by Crippen LogP contribution is 2.21. The van der Waals surface area contributed by atoms with Crippen molar-refractivity contribution in [3.05, 3.63) is 0 Å². The van der Waals surface area contributed by atoms with Gasteiger partial charge in [-0.15, -0.1) is 0 Å². The summed E-state index contributed by atoms with van der Waals surface area (Å²) in [6.07, 6.45) is 2.08. The Kier molecular flexibility index (Phi) is 1.79. The molecule has 0 aromatic heterocycles. The molecule has 1 aliphatic carbocycles. The largest absolute Gasteiger partial charge is 0.393 e. The van der Waals surface area contributed by atoms with Gasteiger partial charge >= 0.3 is 0 Å². The molecule has 1 rings (SSSR count). The standard InChI is InChI=1S/C7H12O2/c8-5-6-1-3-7(9)4-2-6/h5-7,9H,1-4H2/i5T. The van der Waals surface area contributed by atoms with E-state index in [0.29, 0.717) is 25.7 Å². The van der Waals surface area contributed by atoms with Gasteiger partial charge in [0.1, 0.15) is 7.63 Å². The van der Waals surface area contributed by atoms with E-state index in [9.17, 15) is 4.79 Å². The monoisotopic (exact) mass is 130 g/mol. The van der Waals surface area contributed by atoms with E-state index >= 15 is 0 Å². The van der Waals surface area contributed by atoms with Gasteiger partial charge in [-0.3, -0.25) is 0 Å². The first kappa shape index (κ1) is 5.42. The van der Waals surface area contributed by atoms with Crippen LogP contribution in [0.25, 0.3) is 0 Å². The zero-order chi connectivity index (χ0) is 7.56. The molecular formula is C7H12O2. The van der Waals surface area contributed by atoms with Crippen molar-refractivity contribution in [2.75, 3.05) is 0 Å². The molecule has 0 amide bonds. The fourth-order valence-corrected chi connectivity index (χ4v) is 1.19. The van der Waals surface area contributed by atoms with Gasteiger partial charge in [0.15, 0.2) is 0 Å². The Labute approximate surface area is 56.3 Å². The average Bonchev–Trinajstić information content (AvgIpc) is 1.88. The number of aliphatic hydroxyl groups is 1. The first-order valence-electron chi connectivity index (χ1n) is 3.88. The molecule has 1 saturated carbocycles. The van der Waals surface area contributed by atoms with Crippen molar-refractivity contribution in [1.82, 2.24) is 0 Å². The zero-order valence-corrected chi connectivity index (χ0v) is 5.34. The molecule has 0 aliphatic heterocycles. The molecule has 0 aromatic carbocycles. The molecular weight excluding hydrogens is 116 g/mol. The fraction of sp³-hybridized carbons (Fsp3) is 0.857. The van der Waals surface area contributed by atoms with Gasteiger partial charge in [0, 0.05) is 5.92 Å². The van der Waals surface area contributed by atoms with Crippen LogP contribution in [0.4, 0.5) is 0 Å². The molecule has 52 valence electrons. The topological polar surface area (TPSA) is 37.3 Å². The maximum absolute atomic E-state index is 10.5. The van der Waals surface area contributed by atoms with Gasteiger partial charge in [-0.1, -0.05) is 0 Å². The highest BCUT2D eigenvalue weighted by Gasteiger charge is 2.17. The van der Waals surface area contributed by atoms with E-state index in [1.807, 2.05) is 0 Å². The Morgan fingerprint density at radius 2 is 2.00 bits per heavy atom. The number of rotatable bonds is 1. The van der Waals surface area contributed by atoms with Crippen LogP contribution in [0.1, 0.15) is 27.1 Å². The molecule has 0 heterocycles. The van der Waals surface area contributed by atoms with Gasteiger partial charge in [0.05, 0.1) is 6.10 Å². The van der Waals surface area contributed by atoms with Crippen LogP contribution >= 0.6 is 0 Å². The highest BCUT2D eigenvalue weighted by atomic mass is 16.3. The number of carbonyl (C=O) groups is 1. The molecule has 1 aliphatic rings. The van der Waals surface area contributed by atoms with Crippen molar-refractivity contribution in [3.8, 4) is 0 Å². The third kappa shape index (κ3) is 1.79. The second-order valence-corrected chi connectivity index (χ2v) is 2.62. The third-order valence-electron chi connectivity index (χ3n) is 1.86. The lowest BCUT2D eigenvalue weighted by Crippen LogP contribution is -2.18. The number of aldehydes is 1. The maximum atomic E-state index is 10.5. The molecule has 1 fully saturated rings. The lowest BCUT2D eigenvalue weighted by atomic mass is 9.89. The fourth-order valence-electron chi connectivity index (χ4n) is 1.19. The van der Waals surface area contributed by atoms with Crippen molar-refractivity contribution >= 4 is 6.26 Å². The Hall–Kier alpha value is -0.370. The van der Waals surface area contributed by atoms with Gasteiger partial charge in [-0.25, -0.2) is 0 Å². The summed E-state index contributed by atoms with van der Waals surface area (Å²) in [7, 11) is 0. The minimum atomic E-state index is -0.466. The van der Waals surface area contributed by atoms with Gasteiger partial charge in [0.2, 0.25) is 0 Å². The Morgan fingerprint density at radius 3 is 2.44 bits per heavy atom. The van der Waals surface area contributed by atoms with E-state index < -0.39 is 6.26 Å². The third-order valence-corrected chi connectivity index (χ3v) is 1.86. The quantitative estimate of drug-likeness (QED) is 0.531. The second kappa shape index (κ2) is 2.97. The van der Waals surface area contributed by atoms with Crippen LogP contribution in [0.3, 0.4) is 0 Å². The van der Waals surface area contributed by atoms with Crippen LogP contribution in [-0.4, -0.2) is 17.5 Å². The van der Waals surface area contributed by atoms with E-state index in [1.165, 1.54) is 0 Å². The number of hydrogen-bond acceptors (Lipinski definition) is 2. The summed E-state index contributed by atoms with van der Waals surface area (Å²) in [5.41, 5.74) is 0. The number of hydrogen-bond donors (Lipinski definition) is 1. The summed E-state index contributed by atoms with van der Waals surface area (Å²) in [5.74, 6) is -0.0941. The predicted molar refractivity (Wildman–Crippen MR) is 34.0 cm³/mol. The van der Waals surface area contributed by atoms with Gasteiger partial charge in [-0.2, -0.15) is 0 Å². The number of carbonyl (C=O) groups excluding carboxylic acids is 1. The van der Waals surface area contributed by atoms with Crippen LogP contribution in [0.5, 0.6) is 0 Å². The Balaban J connectivity index is 2.33. The molecule has 1 N–H and O–H groups in total. The van der Waals surface area contributed by atoms with Gasteiger partial charge in [0.25, 0.3) is 0 Å². The summed E-state index contributed by atoms with van der Waals surface area (Å²) in [6, 6.07) is 0. The summed E-state index contributed by atoms with van der Waals surface area (Å²) in [6.45, 7) is 0. The SMILES string of the molecule is [3H]C(=O)C1CCC(O)CC1. The number of aliphatic hydroxyl groups excluding tert-OH is 1. The van der Waals surface area contributed by atoms with Gasteiger partial charge < -0.3 is 9.90 Å². The molecule has 0 radical (unpaired) electrons. The average molecular weight is 130 g/mol. The van der Waals surface area contributed by atoms with Crippen molar-refractivity contribution < 1.29 is 11.3 Å². The van der Waals surface area contributed by atoms with E-state index in [1.54, 1.807) is 0 Å². The molecule has 0 aromatic rings. The predicted octanol–water partition coefficient (Wildman–Crippen LogP) is 0.736. The maximum Gasteiger partial charge on any atom is 0.123 e. The first-order chi connectivity index (χ1) is 4.70. The first-order valence-corrected chi connectivity index (χ1v) is 3.38. The molecule has 0 saturated heterocycles. The Bertz CT molecular complexity index is 128. The minimum absolute atomic E-state index is 0.0941. The molecule has 0 unspecified atom stereocenters. The zero-order valence-electron chi connectivity index (χ0n) is 6.34. The van der Waals surface area contributed by atoms with Crippen LogP contribution in [0.2, 0.25) is 0 Å². The molecule has 0 spiro atoms. The normalized spacial score (nSPS) is 37.7. The summed E-state index contributed by atoms with van der Waals surface area (Å²) in [5, 5.41) is 9.04. The van der Waals surface area contributed by atoms with Crippen LogP contribution in [0.15, 0.2) is 0 Å². The Morgan fingerprint density at radius 1 is 1.44 bits per heavy atom. The van der Waals surface area contributed by atoms with E-state index in [2.05, 4.69) is 0 Å². The van der Waals surface area contributed by atoms with E-state index in [-0.39, 0.29) is 12.0 Å². The summed E-state index contributed by atoms with van der Waals surface area (Å²) >= 11 is 0. The summed E-state index contributed by atoms with van der Waals surface area (Å²) in [4.78, 5) is 10.5. The molecule has 2 heteroatoms. The lowest BCUT2D eigenvalue weighted by Gasteiger charge is -2.20. The summed E-state index contributed by atoms with van der Waals surface area (Å²) < 4.78 is 6.82. The van der Waals surface area contributed by atoms with Crippen molar-refractivity contribution in [1.29, 1.82) is 0 Å². The highest BCUT2D eigenvalue weighted by molar-refractivity contribution is 5.53. The minimum Gasteiger partial charge on any atom is -0.393 e. The second-order valence-electron chi connectivity index (χ2n) is 2.62. The molecule has 0 bridgehead atoms. The smallest absolute Gasteiger partial charge is 0.123 e. The van der Waals surface area contributed by atoms with Crippen molar-refractivity contribution in [2.45, 2.75) is 31.8 Å². The van der Waals surface area contributed by atoms with Crippen LogP contribution < -0.4 is 0 Å². The van der Waals surface area contributed by atoms with E-state index in [0.717, 1.165) is 0 Å². The lowest BCUT2D eigenvalue weighted by molar-refractivity contribution is -0.112. The molecule has 2 nitrogen and oxygen atoms in total.